The maximum Gasteiger partial charge on any atom is 0.410 e. The van der Waals surface area contributed by atoms with E-state index in [0.717, 1.165) is 30.5 Å². The van der Waals surface area contributed by atoms with Crippen molar-refractivity contribution in [1.29, 1.82) is 0 Å². The zero-order chi connectivity index (χ0) is 20.1. The van der Waals surface area contributed by atoms with Crippen molar-refractivity contribution in [3.8, 4) is 11.1 Å². The third kappa shape index (κ3) is 3.88. The lowest BCUT2D eigenvalue weighted by molar-refractivity contribution is 0.0165. The molecule has 2 aliphatic rings. The predicted octanol–water partition coefficient (Wildman–Crippen LogP) is 6.56. The Labute approximate surface area is 176 Å². The number of amides is 1. The van der Waals surface area contributed by atoms with Crippen LogP contribution in [0.2, 0.25) is 10.0 Å². The van der Waals surface area contributed by atoms with Gasteiger partial charge in [-0.05, 0) is 68.4 Å². The first-order valence-electron chi connectivity index (χ1n) is 9.77. The molecule has 2 aromatic rings. The van der Waals surface area contributed by atoms with E-state index in [4.69, 9.17) is 27.9 Å². The first-order valence-corrected chi connectivity index (χ1v) is 10.5. The lowest BCUT2D eigenvalue weighted by Gasteiger charge is -2.36. The number of hydrogen-bond acceptors (Lipinski definition) is 2. The average molecular weight is 418 g/mol. The van der Waals surface area contributed by atoms with E-state index in [1.54, 1.807) is 6.07 Å². The summed E-state index contributed by atoms with van der Waals surface area (Å²) in [6.45, 7) is 7.20. The van der Waals surface area contributed by atoms with Crippen molar-refractivity contribution < 1.29 is 9.53 Å². The van der Waals surface area contributed by atoms with Gasteiger partial charge >= 0.3 is 6.09 Å². The maximum atomic E-state index is 12.6. The minimum absolute atomic E-state index is 0.212. The predicted molar refractivity (Wildman–Crippen MR) is 114 cm³/mol. The SMILES string of the molecule is CC(C)(C)OC(=O)N1CC[C@H]2Cc3ccc(-c4ccc(Cl)cc4Cl)cc3[C@H]2C1. The van der Waals surface area contributed by atoms with Gasteiger partial charge in [0, 0.05) is 34.6 Å². The average Bonchev–Trinajstić information content (AvgIpc) is 2.97. The van der Waals surface area contributed by atoms with E-state index in [1.807, 2.05) is 37.8 Å². The molecule has 5 heteroatoms. The number of likely N-dealkylation sites (tertiary alicyclic amines) is 1. The number of fused-ring (bicyclic) bond motifs is 3. The Kier molecular flexibility index (Phi) is 5.09. The van der Waals surface area contributed by atoms with Crippen molar-refractivity contribution in [3.05, 3.63) is 57.6 Å². The zero-order valence-electron chi connectivity index (χ0n) is 16.5. The van der Waals surface area contributed by atoms with Gasteiger partial charge in [0.25, 0.3) is 0 Å². The molecule has 1 amide bonds. The number of nitrogens with zero attached hydrogens (tertiary/aromatic N) is 1. The number of benzene rings is 2. The molecule has 0 aromatic heterocycles. The Bertz CT molecular complexity index is 919. The largest absolute Gasteiger partial charge is 0.444 e. The van der Waals surface area contributed by atoms with Crippen LogP contribution in [0.25, 0.3) is 11.1 Å². The normalized spacial score (nSPS) is 21.2. The van der Waals surface area contributed by atoms with E-state index >= 15 is 0 Å². The van der Waals surface area contributed by atoms with Gasteiger partial charge in [0.1, 0.15) is 5.60 Å². The number of hydrogen-bond donors (Lipinski definition) is 0. The van der Waals surface area contributed by atoms with Gasteiger partial charge in [-0.15, -0.1) is 0 Å². The van der Waals surface area contributed by atoms with E-state index in [-0.39, 0.29) is 6.09 Å². The lowest BCUT2D eigenvalue weighted by Crippen LogP contribution is -2.44. The Morgan fingerprint density at radius 3 is 2.64 bits per heavy atom. The molecule has 1 heterocycles. The Morgan fingerprint density at radius 1 is 1.14 bits per heavy atom. The van der Waals surface area contributed by atoms with Crippen molar-refractivity contribution in [2.24, 2.45) is 5.92 Å². The molecular formula is C23H25Cl2NO2. The van der Waals surface area contributed by atoms with Crippen LogP contribution in [-0.2, 0) is 11.2 Å². The Hall–Kier alpha value is -1.71. The second kappa shape index (κ2) is 7.27. The molecule has 3 nitrogen and oxygen atoms in total. The molecule has 1 fully saturated rings. The van der Waals surface area contributed by atoms with Gasteiger partial charge in [0.15, 0.2) is 0 Å². The third-order valence-electron chi connectivity index (χ3n) is 5.68. The summed E-state index contributed by atoms with van der Waals surface area (Å²) < 4.78 is 5.59. The van der Waals surface area contributed by atoms with Crippen LogP contribution >= 0.6 is 23.2 Å². The number of carbonyl (C=O) groups is 1. The minimum Gasteiger partial charge on any atom is -0.444 e. The quantitative estimate of drug-likeness (QED) is 0.525. The van der Waals surface area contributed by atoms with Crippen molar-refractivity contribution in [3.63, 3.8) is 0 Å². The van der Waals surface area contributed by atoms with Gasteiger partial charge in [0.2, 0.25) is 0 Å². The van der Waals surface area contributed by atoms with Crippen molar-refractivity contribution in [2.75, 3.05) is 13.1 Å². The van der Waals surface area contributed by atoms with E-state index in [1.165, 1.54) is 11.1 Å². The molecule has 0 bridgehead atoms. The number of ether oxygens (including phenoxy) is 1. The van der Waals surface area contributed by atoms with Gasteiger partial charge in [-0.2, -0.15) is 0 Å². The highest BCUT2D eigenvalue weighted by Crippen LogP contribution is 2.45. The molecule has 0 N–H and O–H groups in total. The highest BCUT2D eigenvalue weighted by molar-refractivity contribution is 6.36. The fraction of sp³-hybridized carbons (Fsp3) is 0.435. The topological polar surface area (TPSA) is 29.5 Å². The summed E-state index contributed by atoms with van der Waals surface area (Å²) in [6, 6.07) is 12.2. The molecule has 4 rings (SSSR count). The van der Waals surface area contributed by atoms with Crippen LogP contribution in [0.15, 0.2) is 36.4 Å². The van der Waals surface area contributed by atoms with Crippen LogP contribution in [0.3, 0.4) is 0 Å². The molecule has 1 aliphatic heterocycles. The van der Waals surface area contributed by atoms with Gasteiger partial charge in [-0.3, -0.25) is 0 Å². The molecule has 148 valence electrons. The van der Waals surface area contributed by atoms with Crippen LogP contribution in [0, 0.1) is 5.92 Å². The van der Waals surface area contributed by atoms with Gasteiger partial charge in [0.05, 0.1) is 0 Å². The minimum atomic E-state index is -0.472. The molecule has 1 aliphatic carbocycles. The second-order valence-electron chi connectivity index (χ2n) is 8.82. The summed E-state index contributed by atoms with van der Waals surface area (Å²) in [5.74, 6) is 0.937. The molecule has 28 heavy (non-hydrogen) atoms. The molecule has 0 radical (unpaired) electrons. The van der Waals surface area contributed by atoms with Gasteiger partial charge < -0.3 is 9.64 Å². The fourth-order valence-electron chi connectivity index (χ4n) is 4.39. The first-order chi connectivity index (χ1) is 13.2. The van der Waals surface area contributed by atoms with E-state index < -0.39 is 5.60 Å². The van der Waals surface area contributed by atoms with Crippen LogP contribution in [0.1, 0.15) is 44.2 Å². The lowest BCUT2D eigenvalue weighted by atomic mass is 9.85. The number of carbonyl (C=O) groups excluding carboxylic acids is 1. The molecule has 2 atom stereocenters. The standard InChI is InChI=1S/C23H25Cl2NO2/c1-23(2,3)28-22(27)26-9-8-16-10-14-4-5-15(11-19(14)20(16)13-26)18-7-6-17(24)12-21(18)25/h4-7,11-12,16,20H,8-10,13H2,1-3H3/t16-,20-/m0/s1. The third-order valence-corrected chi connectivity index (χ3v) is 6.23. The van der Waals surface area contributed by atoms with Crippen LogP contribution in [0.5, 0.6) is 0 Å². The van der Waals surface area contributed by atoms with Crippen LogP contribution in [-0.4, -0.2) is 29.7 Å². The Morgan fingerprint density at radius 2 is 1.93 bits per heavy atom. The molecule has 0 unspecified atom stereocenters. The van der Waals surface area contributed by atoms with Gasteiger partial charge in [-0.25, -0.2) is 4.79 Å². The highest BCUT2D eigenvalue weighted by atomic mass is 35.5. The Balaban J connectivity index is 1.60. The van der Waals surface area contributed by atoms with E-state index in [2.05, 4.69) is 18.2 Å². The van der Waals surface area contributed by atoms with Crippen LogP contribution in [0.4, 0.5) is 4.79 Å². The molecule has 1 saturated heterocycles. The summed E-state index contributed by atoms with van der Waals surface area (Å²) in [7, 11) is 0. The smallest absolute Gasteiger partial charge is 0.410 e. The first kappa shape index (κ1) is 19.6. The van der Waals surface area contributed by atoms with E-state index in [9.17, 15) is 4.79 Å². The molecular weight excluding hydrogens is 393 g/mol. The van der Waals surface area contributed by atoms with Crippen molar-refractivity contribution >= 4 is 29.3 Å². The monoisotopic (exact) mass is 417 g/mol. The summed E-state index contributed by atoms with van der Waals surface area (Å²) in [5.41, 5.74) is 4.32. The van der Waals surface area contributed by atoms with Gasteiger partial charge in [-0.1, -0.05) is 47.5 Å². The summed E-state index contributed by atoms with van der Waals surface area (Å²) >= 11 is 12.5. The summed E-state index contributed by atoms with van der Waals surface area (Å²) in [5, 5.41) is 1.29. The van der Waals surface area contributed by atoms with E-state index in [0.29, 0.717) is 28.4 Å². The van der Waals surface area contributed by atoms with Crippen molar-refractivity contribution in [2.45, 2.75) is 45.1 Å². The maximum absolute atomic E-state index is 12.6. The molecule has 2 aromatic carbocycles. The summed E-state index contributed by atoms with van der Waals surface area (Å²) in [4.78, 5) is 14.4. The molecule has 0 saturated carbocycles. The molecule has 0 spiro atoms. The zero-order valence-corrected chi connectivity index (χ0v) is 18.0. The number of piperidine rings is 1. The van der Waals surface area contributed by atoms with Crippen molar-refractivity contribution in [1.82, 2.24) is 4.90 Å². The number of halogens is 2. The second-order valence-corrected chi connectivity index (χ2v) is 9.67. The van der Waals surface area contributed by atoms with Crippen LogP contribution < -0.4 is 0 Å². The highest BCUT2D eigenvalue weighted by Gasteiger charge is 2.39. The fourth-order valence-corrected chi connectivity index (χ4v) is 4.91. The summed E-state index contributed by atoms with van der Waals surface area (Å²) in [6.07, 6.45) is 1.88. The number of rotatable bonds is 1.